The number of carbonyl (C=O) groups is 1. The fourth-order valence-electron chi connectivity index (χ4n) is 5.93. The highest BCUT2D eigenvalue weighted by molar-refractivity contribution is 6.30. The minimum Gasteiger partial charge on any atom is -0.317 e. The van der Waals surface area contributed by atoms with Gasteiger partial charge in [-0.3, -0.25) is 4.90 Å². The van der Waals surface area contributed by atoms with Gasteiger partial charge in [-0.25, -0.2) is 4.79 Å². The summed E-state index contributed by atoms with van der Waals surface area (Å²) in [5.41, 5.74) is 2.34. The van der Waals surface area contributed by atoms with Gasteiger partial charge in [0.05, 0.1) is 6.04 Å². The van der Waals surface area contributed by atoms with Crippen molar-refractivity contribution in [1.82, 2.24) is 9.80 Å². The second-order valence-corrected chi connectivity index (χ2v) is 9.07. The van der Waals surface area contributed by atoms with Gasteiger partial charge in [0.25, 0.3) is 0 Å². The van der Waals surface area contributed by atoms with E-state index in [2.05, 4.69) is 21.2 Å². The molecule has 5 rings (SSSR count). The van der Waals surface area contributed by atoms with Crippen molar-refractivity contribution in [3.05, 3.63) is 40.9 Å². The third kappa shape index (κ3) is 3.27. The molecule has 0 radical (unpaired) electrons. The highest BCUT2D eigenvalue weighted by Crippen LogP contribution is 2.45. The molecule has 5 heteroatoms. The van der Waals surface area contributed by atoms with E-state index >= 15 is 0 Å². The molecule has 1 aromatic carbocycles. The molecule has 3 heterocycles. The molecule has 3 saturated heterocycles. The third-order valence-corrected chi connectivity index (χ3v) is 7.27. The SMILES string of the molecule is O=C(Nc1ccc(Cl)cc1)N1CCCC2=C[C@@H]3C[C@H](CN4CCCC[C@H]34)[C@@H]21. The Bertz CT molecular complexity index is 746. The summed E-state index contributed by atoms with van der Waals surface area (Å²) in [5.74, 6) is 1.29. The van der Waals surface area contributed by atoms with Gasteiger partial charge < -0.3 is 10.2 Å². The molecule has 27 heavy (non-hydrogen) atoms. The zero-order valence-electron chi connectivity index (χ0n) is 15.7. The van der Waals surface area contributed by atoms with Gasteiger partial charge in [0.15, 0.2) is 0 Å². The predicted octanol–water partition coefficient (Wildman–Crippen LogP) is 4.77. The maximum absolute atomic E-state index is 13.1. The molecule has 0 saturated carbocycles. The Balaban J connectivity index is 1.38. The van der Waals surface area contributed by atoms with Crippen LogP contribution in [0.5, 0.6) is 0 Å². The van der Waals surface area contributed by atoms with E-state index < -0.39 is 0 Å². The Morgan fingerprint density at radius 1 is 1.11 bits per heavy atom. The number of amides is 2. The highest BCUT2D eigenvalue weighted by atomic mass is 35.5. The molecule has 4 atom stereocenters. The average molecular weight is 386 g/mol. The van der Waals surface area contributed by atoms with Crippen LogP contribution < -0.4 is 5.32 Å². The summed E-state index contributed by atoms with van der Waals surface area (Å²) in [6.45, 7) is 3.25. The van der Waals surface area contributed by atoms with Crippen molar-refractivity contribution in [1.29, 1.82) is 0 Å². The van der Waals surface area contributed by atoms with Gasteiger partial charge in [0.2, 0.25) is 0 Å². The summed E-state index contributed by atoms with van der Waals surface area (Å²) in [6.07, 6.45) is 10.1. The van der Waals surface area contributed by atoms with Crippen LogP contribution in [0.2, 0.25) is 5.02 Å². The first-order valence-electron chi connectivity index (χ1n) is 10.5. The lowest BCUT2D eigenvalue weighted by atomic mass is 9.68. The number of rotatable bonds is 1. The van der Waals surface area contributed by atoms with Crippen molar-refractivity contribution < 1.29 is 4.79 Å². The summed E-state index contributed by atoms with van der Waals surface area (Å²) in [6, 6.07) is 8.45. The van der Waals surface area contributed by atoms with Crippen LogP contribution in [0.4, 0.5) is 10.5 Å². The van der Waals surface area contributed by atoms with Crippen molar-refractivity contribution in [2.24, 2.45) is 11.8 Å². The molecular formula is C22H28ClN3O. The van der Waals surface area contributed by atoms with Crippen LogP contribution in [0.25, 0.3) is 0 Å². The van der Waals surface area contributed by atoms with Crippen LogP contribution >= 0.6 is 11.6 Å². The lowest BCUT2D eigenvalue weighted by molar-refractivity contribution is 0.00908. The number of hydrogen-bond donors (Lipinski definition) is 1. The molecule has 1 aromatic rings. The van der Waals surface area contributed by atoms with E-state index in [4.69, 9.17) is 11.6 Å². The Kier molecular flexibility index (Phi) is 4.65. The van der Waals surface area contributed by atoms with Crippen LogP contribution in [0.15, 0.2) is 35.9 Å². The molecular weight excluding hydrogens is 358 g/mol. The number of nitrogens with one attached hydrogen (secondary N) is 1. The molecule has 2 bridgehead atoms. The minimum absolute atomic E-state index is 0.0344. The van der Waals surface area contributed by atoms with Crippen molar-refractivity contribution in [3.8, 4) is 0 Å². The van der Waals surface area contributed by atoms with E-state index in [0.717, 1.165) is 37.7 Å². The number of likely N-dealkylation sites (tertiary alicyclic amines) is 1. The maximum Gasteiger partial charge on any atom is 0.322 e. The van der Waals surface area contributed by atoms with Crippen LogP contribution in [0, 0.1) is 11.8 Å². The quantitative estimate of drug-likeness (QED) is 0.707. The molecule has 1 aliphatic carbocycles. The van der Waals surface area contributed by atoms with Gasteiger partial charge in [0, 0.05) is 29.8 Å². The van der Waals surface area contributed by atoms with Gasteiger partial charge in [0.1, 0.15) is 0 Å². The van der Waals surface area contributed by atoms with Gasteiger partial charge in [-0.05, 0) is 74.8 Å². The molecule has 3 fully saturated rings. The fraction of sp³-hybridized carbons (Fsp3) is 0.591. The van der Waals surface area contributed by atoms with E-state index in [1.54, 1.807) is 0 Å². The monoisotopic (exact) mass is 385 g/mol. The van der Waals surface area contributed by atoms with Gasteiger partial charge >= 0.3 is 6.03 Å². The second kappa shape index (κ2) is 7.14. The van der Waals surface area contributed by atoms with Crippen LogP contribution in [-0.2, 0) is 0 Å². The van der Waals surface area contributed by atoms with Crippen molar-refractivity contribution >= 4 is 23.3 Å². The number of carbonyl (C=O) groups excluding carboxylic acids is 1. The number of benzene rings is 1. The summed E-state index contributed by atoms with van der Waals surface area (Å²) in [4.78, 5) is 17.9. The topological polar surface area (TPSA) is 35.6 Å². The Morgan fingerprint density at radius 2 is 1.96 bits per heavy atom. The number of fused-ring (bicyclic) bond motifs is 6. The number of urea groups is 1. The molecule has 0 unspecified atom stereocenters. The Morgan fingerprint density at radius 3 is 2.81 bits per heavy atom. The van der Waals surface area contributed by atoms with E-state index in [1.165, 1.54) is 37.8 Å². The van der Waals surface area contributed by atoms with E-state index in [9.17, 15) is 4.79 Å². The second-order valence-electron chi connectivity index (χ2n) is 8.64. The predicted molar refractivity (Wildman–Crippen MR) is 109 cm³/mol. The van der Waals surface area contributed by atoms with Gasteiger partial charge in [-0.15, -0.1) is 0 Å². The van der Waals surface area contributed by atoms with E-state index in [0.29, 0.717) is 16.9 Å². The van der Waals surface area contributed by atoms with Gasteiger partial charge in [-0.1, -0.05) is 29.7 Å². The van der Waals surface area contributed by atoms with Crippen LogP contribution in [-0.4, -0.2) is 47.5 Å². The highest BCUT2D eigenvalue weighted by Gasteiger charge is 2.46. The number of hydrogen-bond acceptors (Lipinski definition) is 2. The first-order chi connectivity index (χ1) is 13.2. The molecule has 1 N–H and O–H groups in total. The first kappa shape index (κ1) is 17.6. The number of anilines is 1. The standard InChI is InChI=1S/C22H28ClN3O/c23-18-6-8-19(9-7-18)24-22(27)26-11-3-4-15-12-16-13-17(21(15)26)14-25-10-2-1-5-20(16)25/h6-9,12,16-17,20-21H,1-5,10-11,13-14H2,(H,24,27)/t16-,17-,20-,21-/m1/s1. The van der Waals surface area contributed by atoms with E-state index in [-0.39, 0.29) is 12.1 Å². The molecule has 144 valence electrons. The summed E-state index contributed by atoms with van der Waals surface area (Å²) in [7, 11) is 0. The van der Waals surface area contributed by atoms with Crippen LogP contribution in [0.3, 0.4) is 0 Å². The average Bonchev–Trinajstić information content (AvgIpc) is 2.69. The minimum atomic E-state index is 0.0344. The molecule has 0 aromatic heterocycles. The van der Waals surface area contributed by atoms with Crippen molar-refractivity contribution in [2.45, 2.75) is 50.6 Å². The summed E-state index contributed by atoms with van der Waals surface area (Å²) >= 11 is 5.97. The fourth-order valence-corrected chi connectivity index (χ4v) is 6.06. The molecule has 3 aliphatic heterocycles. The largest absolute Gasteiger partial charge is 0.322 e. The lowest BCUT2D eigenvalue weighted by Gasteiger charge is -2.54. The molecule has 4 nitrogen and oxygen atoms in total. The van der Waals surface area contributed by atoms with Crippen molar-refractivity contribution in [3.63, 3.8) is 0 Å². The lowest BCUT2D eigenvalue weighted by Crippen LogP contribution is -2.60. The Labute approximate surface area is 166 Å². The summed E-state index contributed by atoms with van der Waals surface area (Å²) in [5, 5.41) is 3.78. The molecule has 2 amide bonds. The van der Waals surface area contributed by atoms with E-state index in [1.807, 2.05) is 24.3 Å². The zero-order chi connectivity index (χ0) is 18.4. The first-order valence-corrected chi connectivity index (χ1v) is 10.8. The maximum atomic E-state index is 13.1. The summed E-state index contributed by atoms with van der Waals surface area (Å²) < 4.78 is 0. The smallest absolute Gasteiger partial charge is 0.317 e. The van der Waals surface area contributed by atoms with Gasteiger partial charge in [-0.2, -0.15) is 0 Å². The number of halogens is 1. The number of piperidine rings is 3. The normalized spacial score (nSPS) is 32.9. The third-order valence-electron chi connectivity index (χ3n) is 7.01. The zero-order valence-corrected chi connectivity index (χ0v) is 16.5. The van der Waals surface area contributed by atoms with Crippen molar-refractivity contribution in [2.75, 3.05) is 25.0 Å². The number of nitrogens with zero attached hydrogens (tertiary/aromatic N) is 2. The Hall–Kier alpha value is -1.52. The molecule has 0 spiro atoms. The molecule has 4 aliphatic rings. The van der Waals surface area contributed by atoms with Crippen LogP contribution in [0.1, 0.15) is 38.5 Å².